The second-order valence-corrected chi connectivity index (χ2v) is 8.45. The number of halogens is 1. The fourth-order valence-corrected chi connectivity index (χ4v) is 4.63. The molecule has 0 atom stereocenters. The number of nitrogens with two attached hydrogens (primary N) is 1. The number of carbonyl (C=O) groups is 1. The molecule has 3 heterocycles. The van der Waals surface area contributed by atoms with Gasteiger partial charge in [-0.3, -0.25) is 4.79 Å². The molecule has 3 aromatic rings. The van der Waals surface area contributed by atoms with E-state index >= 15 is 4.39 Å². The van der Waals surface area contributed by atoms with Gasteiger partial charge in [0.05, 0.1) is 7.11 Å². The van der Waals surface area contributed by atoms with Gasteiger partial charge >= 0.3 is 0 Å². The van der Waals surface area contributed by atoms with Crippen LogP contribution in [0.3, 0.4) is 0 Å². The van der Waals surface area contributed by atoms with Crippen LogP contribution < -0.4 is 15.8 Å². The van der Waals surface area contributed by atoms with Crippen molar-refractivity contribution in [3.05, 3.63) is 64.6 Å². The number of ether oxygens (including phenoxy) is 1. The van der Waals surface area contributed by atoms with E-state index in [1.165, 1.54) is 5.56 Å². The molecule has 2 aliphatic rings. The molecule has 3 N–H and O–H groups in total. The molecule has 0 unspecified atom stereocenters. The quantitative estimate of drug-likeness (QED) is 0.620. The Morgan fingerprint density at radius 3 is 2.69 bits per heavy atom. The third-order valence-electron chi connectivity index (χ3n) is 6.36. The van der Waals surface area contributed by atoms with Crippen molar-refractivity contribution >= 4 is 11.7 Å². The number of fused-ring (bicyclic) bond motifs is 2. The van der Waals surface area contributed by atoms with Crippen LogP contribution in [-0.4, -0.2) is 43.0 Å². The third-order valence-corrected chi connectivity index (χ3v) is 6.36. The molecular weight excluding hydrogens is 407 g/mol. The van der Waals surface area contributed by atoms with Crippen LogP contribution in [0.15, 0.2) is 36.4 Å². The van der Waals surface area contributed by atoms with Gasteiger partial charge in [-0.15, -0.1) is 0 Å². The molecule has 32 heavy (non-hydrogen) atoms. The average Bonchev–Trinajstić information content (AvgIpc) is 2.78. The number of rotatable bonds is 3. The molecule has 2 aromatic carbocycles. The minimum atomic E-state index is -0.633. The first kappa shape index (κ1) is 20.5. The van der Waals surface area contributed by atoms with Crippen molar-refractivity contribution in [2.45, 2.75) is 19.4 Å². The fourth-order valence-electron chi connectivity index (χ4n) is 4.63. The third kappa shape index (κ3) is 3.48. The van der Waals surface area contributed by atoms with Gasteiger partial charge in [0.2, 0.25) is 5.95 Å². The number of methoxy groups -OCH3 is 1. The maximum atomic E-state index is 15.1. The Labute approximate surface area is 186 Å². The van der Waals surface area contributed by atoms with E-state index in [0.717, 1.165) is 42.6 Å². The predicted molar refractivity (Wildman–Crippen MR) is 122 cm³/mol. The Kier molecular flexibility index (Phi) is 5.06. The zero-order valence-corrected chi connectivity index (χ0v) is 18.2. The van der Waals surface area contributed by atoms with Crippen LogP contribution in [0.1, 0.15) is 27.0 Å². The van der Waals surface area contributed by atoms with Crippen molar-refractivity contribution in [1.82, 2.24) is 15.2 Å². The highest BCUT2D eigenvalue weighted by molar-refractivity contribution is 5.97. The summed E-state index contributed by atoms with van der Waals surface area (Å²) in [6, 6.07) is 11.3. The number of carbonyl (C=O) groups excluding carboxylic acids is 1. The summed E-state index contributed by atoms with van der Waals surface area (Å²) in [5.74, 6) is 0.0217. The lowest BCUT2D eigenvalue weighted by molar-refractivity contribution is 0.0946. The first-order chi connectivity index (χ1) is 15.4. The smallest absolute Gasteiger partial charge is 0.251 e. The summed E-state index contributed by atoms with van der Waals surface area (Å²) < 4.78 is 20.7. The molecule has 1 aromatic heterocycles. The number of hydrogen-bond donors (Lipinski definition) is 2. The molecular formula is C25H25FN4O2. The van der Waals surface area contributed by atoms with Crippen molar-refractivity contribution in [2.24, 2.45) is 0 Å². The normalized spacial score (nSPS) is 15.7. The van der Waals surface area contributed by atoms with E-state index in [0.29, 0.717) is 34.5 Å². The van der Waals surface area contributed by atoms with E-state index in [1.54, 1.807) is 19.2 Å². The summed E-state index contributed by atoms with van der Waals surface area (Å²) in [5, 5.41) is 2.84. The number of amides is 1. The lowest BCUT2D eigenvalue weighted by Crippen LogP contribution is -2.31. The number of hydrogen-bond acceptors (Lipinski definition) is 5. The first-order valence-electron chi connectivity index (χ1n) is 10.7. The summed E-state index contributed by atoms with van der Waals surface area (Å²) in [7, 11) is 3.67. The van der Waals surface area contributed by atoms with Gasteiger partial charge in [-0.05, 0) is 66.4 Å². The molecule has 164 valence electrons. The molecule has 0 bridgehead atoms. The molecule has 0 saturated heterocycles. The van der Waals surface area contributed by atoms with Gasteiger partial charge in [0.25, 0.3) is 5.91 Å². The van der Waals surface area contributed by atoms with Gasteiger partial charge in [0.1, 0.15) is 11.6 Å². The summed E-state index contributed by atoms with van der Waals surface area (Å²) in [6.45, 7) is 2.38. The van der Waals surface area contributed by atoms with Crippen LogP contribution in [0, 0.1) is 5.95 Å². The standard InChI is InChI=1S/C25H25FN4O2/c1-30-8-6-14-11-22(32-2)20(10-17(14)13-30)21-12-19(24(27)29-23(21)26)15-3-4-18-16(9-15)5-7-28-25(18)31/h3-4,9-12H,5-8,13H2,1-2H3,(H2,27,29)(H,28,31). The van der Waals surface area contributed by atoms with Crippen molar-refractivity contribution in [3.63, 3.8) is 0 Å². The minimum absolute atomic E-state index is 0.0764. The predicted octanol–water partition coefficient (Wildman–Crippen LogP) is 3.42. The van der Waals surface area contributed by atoms with E-state index in [2.05, 4.69) is 22.2 Å². The van der Waals surface area contributed by atoms with Gasteiger partial charge in [-0.2, -0.15) is 4.39 Å². The lowest BCUT2D eigenvalue weighted by Gasteiger charge is -2.26. The van der Waals surface area contributed by atoms with Gasteiger partial charge in [0, 0.05) is 41.9 Å². The van der Waals surface area contributed by atoms with E-state index in [4.69, 9.17) is 10.5 Å². The summed E-state index contributed by atoms with van der Waals surface area (Å²) in [4.78, 5) is 18.3. The Bertz CT molecular complexity index is 1240. The molecule has 7 heteroatoms. The monoisotopic (exact) mass is 432 g/mol. The van der Waals surface area contributed by atoms with Crippen LogP contribution in [0.2, 0.25) is 0 Å². The molecule has 5 rings (SSSR count). The molecule has 0 aliphatic carbocycles. The maximum Gasteiger partial charge on any atom is 0.251 e. The van der Waals surface area contributed by atoms with Gasteiger partial charge in [0.15, 0.2) is 0 Å². The van der Waals surface area contributed by atoms with Crippen molar-refractivity contribution in [2.75, 3.05) is 33.0 Å². The van der Waals surface area contributed by atoms with E-state index < -0.39 is 5.95 Å². The number of aromatic nitrogens is 1. The van der Waals surface area contributed by atoms with Crippen LogP contribution in [0.25, 0.3) is 22.3 Å². The van der Waals surface area contributed by atoms with Crippen molar-refractivity contribution in [1.29, 1.82) is 0 Å². The van der Waals surface area contributed by atoms with Gasteiger partial charge in [-0.25, -0.2) is 4.98 Å². The summed E-state index contributed by atoms with van der Waals surface area (Å²) in [6.07, 6.45) is 1.67. The molecule has 0 saturated carbocycles. The average molecular weight is 432 g/mol. The number of anilines is 1. The fraction of sp³-hybridized carbons (Fsp3) is 0.280. The van der Waals surface area contributed by atoms with Crippen LogP contribution in [0.4, 0.5) is 10.2 Å². The number of nitrogen functional groups attached to an aromatic ring is 1. The lowest BCUT2D eigenvalue weighted by atomic mass is 9.92. The Morgan fingerprint density at radius 2 is 1.88 bits per heavy atom. The van der Waals surface area contributed by atoms with Crippen LogP contribution in [-0.2, 0) is 19.4 Å². The topological polar surface area (TPSA) is 80.5 Å². The minimum Gasteiger partial charge on any atom is -0.496 e. The van der Waals surface area contributed by atoms with Crippen LogP contribution in [0.5, 0.6) is 5.75 Å². The SMILES string of the molecule is COc1cc2c(cc1-c1cc(-c3ccc4c(c3)CCNC4=O)c(N)nc1F)CN(C)CC2. The zero-order chi connectivity index (χ0) is 22.4. The highest BCUT2D eigenvalue weighted by atomic mass is 19.1. The molecule has 6 nitrogen and oxygen atoms in total. The Hall–Kier alpha value is -3.45. The van der Waals surface area contributed by atoms with E-state index in [-0.39, 0.29) is 11.7 Å². The molecule has 0 spiro atoms. The highest BCUT2D eigenvalue weighted by Crippen LogP contribution is 2.39. The largest absolute Gasteiger partial charge is 0.496 e. The number of benzene rings is 2. The number of nitrogens with one attached hydrogen (secondary N) is 1. The second kappa shape index (κ2) is 7.91. The van der Waals surface area contributed by atoms with Gasteiger partial charge < -0.3 is 20.7 Å². The number of nitrogens with zero attached hydrogens (tertiary/aromatic N) is 2. The highest BCUT2D eigenvalue weighted by Gasteiger charge is 2.22. The first-order valence-corrected chi connectivity index (χ1v) is 10.7. The van der Waals surface area contributed by atoms with Crippen molar-refractivity contribution < 1.29 is 13.9 Å². The van der Waals surface area contributed by atoms with E-state index in [9.17, 15) is 4.79 Å². The summed E-state index contributed by atoms with van der Waals surface area (Å²) >= 11 is 0. The number of pyridine rings is 1. The molecule has 1 amide bonds. The number of likely N-dealkylation sites (N-methyl/N-ethyl adjacent to an activating group) is 1. The molecule has 0 fully saturated rings. The van der Waals surface area contributed by atoms with E-state index in [1.807, 2.05) is 24.3 Å². The molecule has 0 radical (unpaired) electrons. The maximum absolute atomic E-state index is 15.1. The second-order valence-electron chi connectivity index (χ2n) is 8.45. The van der Waals surface area contributed by atoms with Crippen LogP contribution >= 0.6 is 0 Å². The zero-order valence-electron chi connectivity index (χ0n) is 18.2. The Morgan fingerprint density at radius 1 is 1.03 bits per heavy atom. The summed E-state index contributed by atoms with van der Waals surface area (Å²) in [5.41, 5.74) is 12.6. The molecule has 2 aliphatic heterocycles. The van der Waals surface area contributed by atoms with Crippen molar-refractivity contribution in [3.8, 4) is 28.0 Å². The van der Waals surface area contributed by atoms with Gasteiger partial charge in [-0.1, -0.05) is 12.1 Å². The Balaban J connectivity index is 1.64.